The molecule has 0 bridgehead atoms. The molecule has 5 heteroatoms. The summed E-state index contributed by atoms with van der Waals surface area (Å²) < 4.78 is 10.8. The first-order valence-electron chi connectivity index (χ1n) is 8.89. The number of ether oxygens (including phenoxy) is 2. The lowest BCUT2D eigenvalue weighted by Crippen LogP contribution is -2.38. The van der Waals surface area contributed by atoms with E-state index in [9.17, 15) is 0 Å². The van der Waals surface area contributed by atoms with E-state index in [0.717, 1.165) is 30.2 Å². The molecule has 0 aliphatic rings. The first kappa shape index (κ1) is 19.8. The van der Waals surface area contributed by atoms with Crippen LogP contribution in [0.4, 0.5) is 0 Å². The number of aliphatic imine (C=N–C) groups is 1. The average Bonchev–Trinajstić information content (AvgIpc) is 2.67. The van der Waals surface area contributed by atoms with Gasteiger partial charge in [-0.25, -0.2) is 0 Å². The number of methoxy groups -OCH3 is 1. The number of hydrogen-bond donors (Lipinski definition) is 1. The summed E-state index contributed by atoms with van der Waals surface area (Å²) in [6.07, 6.45) is 0.885. The molecule has 0 fully saturated rings. The fourth-order valence-corrected chi connectivity index (χ4v) is 2.64. The van der Waals surface area contributed by atoms with Gasteiger partial charge in [0.2, 0.25) is 0 Å². The second kappa shape index (κ2) is 11.2. The lowest BCUT2D eigenvalue weighted by Gasteiger charge is -2.22. The van der Waals surface area contributed by atoms with Crippen LogP contribution in [0.5, 0.6) is 5.75 Å². The number of rotatable bonds is 9. The first-order valence-corrected chi connectivity index (χ1v) is 8.89. The van der Waals surface area contributed by atoms with E-state index in [4.69, 9.17) is 9.47 Å². The molecule has 1 N–H and O–H groups in total. The number of benzene rings is 2. The lowest BCUT2D eigenvalue weighted by molar-refractivity contribution is 0.172. The molecule has 140 valence electrons. The van der Waals surface area contributed by atoms with E-state index in [1.165, 1.54) is 5.56 Å². The SMILES string of the molecule is CN=C(NCc1cccc(OCCCOC)c1)N(C)Cc1ccccc1. The van der Waals surface area contributed by atoms with Gasteiger partial charge in [-0.15, -0.1) is 0 Å². The maximum absolute atomic E-state index is 5.76. The number of nitrogens with one attached hydrogen (secondary N) is 1. The Morgan fingerprint density at radius 3 is 2.54 bits per heavy atom. The predicted molar refractivity (Wildman–Crippen MR) is 107 cm³/mol. The molecule has 0 heterocycles. The van der Waals surface area contributed by atoms with Crippen LogP contribution in [0.3, 0.4) is 0 Å². The molecule has 0 spiro atoms. The Morgan fingerprint density at radius 2 is 1.81 bits per heavy atom. The molecule has 0 radical (unpaired) electrons. The highest BCUT2D eigenvalue weighted by atomic mass is 16.5. The summed E-state index contributed by atoms with van der Waals surface area (Å²) in [4.78, 5) is 6.49. The summed E-state index contributed by atoms with van der Waals surface area (Å²) in [6, 6.07) is 18.5. The van der Waals surface area contributed by atoms with Crippen molar-refractivity contribution in [1.29, 1.82) is 0 Å². The highest BCUT2D eigenvalue weighted by Crippen LogP contribution is 2.13. The second-order valence-electron chi connectivity index (χ2n) is 6.08. The van der Waals surface area contributed by atoms with Crippen molar-refractivity contribution in [3.63, 3.8) is 0 Å². The molecule has 2 rings (SSSR count). The molecular formula is C21H29N3O2. The fourth-order valence-electron chi connectivity index (χ4n) is 2.64. The van der Waals surface area contributed by atoms with Crippen molar-refractivity contribution in [2.24, 2.45) is 4.99 Å². The standard InChI is InChI=1S/C21H29N3O2/c1-22-21(24(2)17-18-9-5-4-6-10-18)23-16-19-11-7-12-20(15-19)26-14-8-13-25-3/h4-7,9-12,15H,8,13-14,16-17H2,1-3H3,(H,22,23). The van der Waals surface area contributed by atoms with E-state index >= 15 is 0 Å². The lowest BCUT2D eigenvalue weighted by atomic mass is 10.2. The summed E-state index contributed by atoms with van der Waals surface area (Å²) in [5.74, 6) is 1.74. The second-order valence-corrected chi connectivity index (χ2v) is 6.08. The maximum Gasteiger partial charge on any atom is 0.193 e. The minimum absolute atomic E-state index is 0.659. The molecule has 2 aromatic carbocycles. The molecule has 0 unspecified atom stereocenters. The van der Waals surface area contributed by atoms with Crippen molar-refractivity contribution in [2.75, 3.05) is 34.4 Å². The van der Waals surface area contributed by atoms with Crippen LogP contribution in [0.1, 0.15) is 17.5 Å². The summed E-state index contributed by atoms with van der Waals surface area (Å²) >= 11 is 0. The Kier molecular flexibility index (Phi) is 8.49. The summed E-state index contributed by atoms with van der Waals surface area (Å²) in [7, 11) is 5.55. The summed E-state index contributed by atoms with van der Waals surface area (Å²) in [6.45, 7) is 2.88. The smallest absolute Gasteiger partial charge is 0.193 e. The molecule has 0 aliphatic heterocycles. The third-order valence-electron chi connectivity index (χ3n) is 3.95. The average molecular weight is 355 g/mol. The van der Waals surface area contributed by atoms with Gasteiger partial charge in [0.15, 0.2) is 5.96 Å². The van der Waals surface area contributed by atoms with E-state index in [1.807, 2.05) is 25.2 Å². The Balaban J connectivity index is 1.85. The van der Waals surface area contributed by atoms with Crippen LogP contribution in [0.2, 0.25) is 0 Å². The van der Waals surface area contributed by atoms with Crippen LogP contribution >= 0.6 is 0 Å². The van der Waals surface area contributed by atoms with Gasteiger partial charge in [-0.1, -0.05) is 42.5 Å². The van der Waals surface area contributed by atoms with E-state index in [-0.39, 0.29) is 0 Å². The summed E-state index contributed by atoms with van der Waals surface area (Å²) in [5.41, 5.74) is 2.41. The monoisotopic (exact) mass is 355 g/mol. The molecule has 0 aliphatic carbocycles. The van der Waals surface area contributed by atoms with E-state index in [2.05, 4.69) is 51.6 Å². The van der Waals surface area contributed by atoms with Crippen LogP contribution in [0.15, 0.2) is 59.6 Å². The van der Waals surface area contributed by atoms with Gasteiger partial charge in [-0.3, -0.25) is 4.99 Å². The first-order chi connectivity index (χ1) is 12.7. The zero-order valence-electron chi connectivity index (χ0n) is 15.9. The van der Waals surface area contributed by atoms with Gasteiger partial charge < -0.3 is 19.7 Å². The largest absolute Gasteiger partial charge is 0.493 e. The zero-order valence-corrected chi connectivity index (χ0v) is 15.9. The van der Waals surface area contributed by atoms with Crippen LogP contribution < -0.4 is 10.1 Å². The maximum atomic E-state index is 5.76. The molecular weight excluding hydrogens is 326 g/mol. The van der Waals surface area contributed by atoms with Crippen molar-refractivity contribution in [1.82, 2.24) is 10.2 Å². The van der Waals surface area contributed by atoms with Gasteiger partial charge >= 0.3 is 0 Å². The Morgan fingerprint density at radius 1 is 1.04 bits per heavy atom. The van der Waals surface area contributed by atoms with E-state index in [0.29, 0.717) is 19.8 Å². The predicted octanol–water partition coefficient (Wildman–Crippen LogP) is 3.31. The van der Waals surface area contributed by atoms with Crippen molar-refractivity contribution < 1.29 is 9.47 Å². The molecule has 0 aromatic heterocycles. The van der Waals surface area contributed by atoms with Crippen LogP contribution in [0.25, 0.3) is 0 Å². The molecule has 5 nitrogen and oxygen atoms in total. The van der Waals surface area contributed by atoms with Crippen LogP contribution in [-0.4, -0.2) is 45.3 Å². The van der Waals surface area contributed by atoms with Crippen LogP contribution in [-0.2, 0) is 17.8 Å². The Labute approximate surface area is 156 Å². The van der Waals surface area contributed by atoms with Gasteiger partial charge in [0, 0.05) is 47.3 Å². The van der Waals surface area contributed by atoms with Crippen molar-refractivity contribution in [3.05, 3.63) is 65.7 Å². The molecule has 0 atom stereocenters. The quantitative estimate of drug-likeness (QED) is 0.426. The topological polar surface area (TPSA) is 46.1 Å². The number of hydrogen-bond acceptors (Lipinski definition) is 3. The minimum atomic E-state index is 0.659. The van der Waals surface area contributed by atoms with Crippen molar-refractivity contribution >= 4 is 5.96 Å². The van der Waals surface area contributed by atoms with Crippen molar-refractivity contribution in [3.8, 4) is 5.75 Å². The normalized spacial score (nSPS) is 11.3. The third-order valence-corrected chi connectivity index (χ3v) is 3.95. The molecule has 26 heavy (non-hydrogen) atoms. The molecule has 2 aromatic rings. The number of nitrogens with zero attached hydrogens (tertiary/aromatic N) is 2. The fraction of sp³-hybridized carbons (Fsp3) is 0.381. The van der Waals surface area contributed by atoms with Gasteiger partial charge in [0.25, 0.3) is 0 Å². The van der Waals surface area contributed by atoms with Gasteiger partial charge in [0.1, 0.15) is 5.75 Å². The molecule has 0 amide bonds. The molecule has 0 saturated heterocycles. The minimum Gasteiger partial charge on any atom is -0.493 e. The molecule has 0 saturated carbocycles. The zero-order chi connectivity index (χ0) is 18.6. The Bertz CT molecular complexity index is 674. The highest BCUT2D eigenvalue weighted by molar-refractivity contribution is 5.79. The summed E-state index contributed by atoms with van der Waals surface area (Å²) in [5, 5.41) is 3.41. The highest BCUT2D eigenvalue weighted by Gasteiger charge is 2.07. The van der Waals surface area contributed by atoms with Gasteiger partial charge in [-0.05, 0) is 23.3 Å². The van der Waals surface area contributed by atoms with Crippen LogP contribution in [0, 0.1) is 0 Å². The van der Waals surface area contributed by atoms with E-state index < -0.39 is 0 Å². The van der Waals surface area contributed by atoms with Crippen molar-refractivity contribution in [2.45, 2.75) is 19.5 Å². The number of guanidine groups is 1. The Hall–Kier alpha value is -2.53. The van der Waals surface area contributed by atoms with Gasteiger partial charge in [-0.2, -0.15) is 0 Å². The van der Waals surface area contributed by atoms with Gasteiger partial charge in [0.05, 0.1) is 6.61 Å². The van der Waals surface area contributed by atoms with E-state index in [1.54, 1.807) is 14.2 Å². The third kappa shape index (κ3) is 6.76.